The second-order valence-electron chi connectivity index (χ2n) is 6.80. The van der Waals surface area contributed by atoms with Crippen molar-refractivity contribution in [3.05, 3.63) is 42.0 Å². The number of hydrogen-bond acceptors (Lipinski definition) is 9. The molecule has 188 valence electrons. The van der Waals surface area contributed by atoms with Gasteiger partial charge < -0.3 is 26.1 Å². The van der Waals surface area contributed by atoms with Crippen molar-refractivity contribution in [2.24, 2.45) is 15.9 Å². The number of nitrogens with zero attached hydrogens (tertiary/aromatic N) is 5. The molecule has 0 amide bonds. The van der Waals surface area contributed by atoms with Crippen LogP contribution in [0.1, 0.15) is 40.2 Å². The fourth-order valence-electron chi connectivity index (χ4n) is 3.03. The molecule has 0 atom stereocenters. The molecule has 2 aromatic rings. The summed E-state index contributed by atoms with van der Waals surface area (Å²) in [5.41, 5.74) is 1.92. The van der Waals surface area contributed by atoms with E-state index in [-0.39, 0.29) is 0 Å². The molecule has 2 heterocycles. The number of aliphatic imine (C=N–C) groups is 1. The Morgan fingerprint density at radius 2 is 1.79 bits per heavy atom. The lowest BCUT2D eigenvalue weighted by Gasteiger charge is -2.28. The Kier molecular flexibility index (Phi) is 15.5. The van der Waals surface area contributed by atoms with E-state index in [1.165, 1.54) is 5.56 Å². The first-order valence-electron chi connectivity index (χ1n) is 12.3. The van der Waals surface area contributed by atoms with E-state index in [4.69, 9.17) is 10.6 Å². The van der Waals surface area contributed by atoms with Gasteiger partial charge >= 0.3 is 0 Å². The Bertz CT molecular complexity index is 836. The quantitative estimate of drug-likeness (QED) is 0.275. The molecule has 1 aromatic carbocycles. The van der Waals surface area contributed by atoms with Crippen LogP contribution in [0.3, 0.4) is 0 Å². The first-order chi connectivity index (χ1) is 16.8. The van der Waals surface area contributed by atoms with Gasteiger partial charge in [0.05, 0.1) is 25.5 Å². The number of anilines is 3. The molecule has 9 heteroatoms. The summed E-state index contributed by atoms with van der Waals surface area (Å²) in [7, 11) is 0. The monoisotopic (exact) mass is 470 g/mol. The third-order valence-electron chi connectivity index (χ3n) is 4.63. The van der Waals surface area contributed by atoms with E-state index in [1.54, 1.807) is 6.21 Å². The average molecular weight is 471 g/mol. The van der Waals surface area contributed by atoms with E-state index in [0.29, 0.717) is 38.0 Å². The van der Waals surface area contributed by atoms with Gasteiger partial charge in [-0.3, -0.25) is 4.99 Å². The molecular formula is C25H42N8O. The summed E-state index contributed by atoms with van der Waals surface area (Å²) in [6.07, 6.45) is 2.58. The Morgan fingerprint density at radius 1 is 1.09 bits per heavy atom. The van der Waals surface area contributed by atoms with Crippen molar-refractivity contribution in [3.8, 4) is 0 Å². The minimum Gasteiger partial charge on any atom is -0.378 e. The van der Waals surface area contributed by atoms with Crippen LogP contribution in [0.15, 0.2) is 46.5 Å². The number of rotatable bonds is 10. The fraction of sp³-hybridized carbons (Fsp3) is 0.520. The largest absolute Gasteiger partial charge is 0.378 e. The second-order valence-corrected chi connectivity index (χ2v) is 6.80. The van der Waals surface area contributed by atoms with Crippen molar-refractivity contribution in [2.75, 3.05) is 61.5 Å². The summed E-state index contributed by atoms with van der Waals surface area (Å²) in [4.78, 5) is 15.7. The number of aromatic nitrogens is 2. The molecule has 1 aromatic heterocycles. The van der Waals surface area contributed by atoms with Crippen LogP contribution in [0.5, 0.6) is 0 Å². The molecule has 4 N–H and O–H groups in total. The van der Waals surface area contributed by atoms with Crippen LogP contribution in [0.2, 0.25) is 0 Å². The Labute approximate surface area is 204 Å². The molecule has 0 radical (unpaired) electrons. The van der Waals surface area contributed by atoms with Gasteiger partial charge in [-0.1, -0.05) is 58.0 Å². The number of benzene rings is 1. The molecule has 1 fully saturated rings. The highest BCUT2D eigenvalue weighted by molar-refractivity contribution is 6.32. The van der Waals surface area contributed by atoms with Gasteiger partial charge in [-0.05, 0) is 18.9 Å². The number of nitrogens with one attached hydrogen (secondary N) is 2. The van der Waals surface area contributed by atoms with E-state index in [9.17, 15) is 0 Å². The van der Waals surface area contributed by atoms with Gasteiger partial charge in [0.25, 0.3) is 0 Å². The maximum Gasteiger partial charge on any atom is 0.226 e. The molecule has 0 spiro atoms. The van der Waals surface area contributed by atoms with E-state index in [0.717, 1.165) is 37.7 Å². The van der Waals surface area contributed by atoms with Crippen molar-refractivity contribution >= 4 is 29.5 Å². The summed E-state index contributed by atoms with van der Waals surface area (Å²) < 4.78 is 5.47. The summed E-state index contributed by atoms with van der Waals surface area (Å²) in [6.45, 7) is 14.8. The first kappa shape index (κ1) is 28.8. The van der Waals surface area contributed by atoms with Gasteiger partial charge in [0, 0.05) is 38.5 Å². The van der Waals surface area contributed by atoms with Crippen LogP contribution in [-0.2, 0) is 11.2 Å². The molecule has 1 aliphatic heterocycles. The van der Waals surface area contributed by atoms with Crippen LogP contribution >= 0.6 is 0 Å². The van der Waals surface area contributed by atoms with Gasteiger partial charge in [-0.15, -0.1) is 0 Å². The SMILES string of the molecule is CC.CC.CCN=C/C(CNc1nc(NCCc2ccccc2)cc(N2CCOCC2)n1)=N\N. The lowest BCUT2D eigenvalue weighted by atomic mass is 10.1. The van der Waals surface area contributed by atoms with Crippen molar-refractivity contribution in [1.29, 1.82) is 0 Å². The second kappa shape index (κ2) is 18.3. The molecular weight excluding hydrogens is 428 g/mol. The van der Waals surface area contributed by atoms with Gasteiger partial charge in [0.2, 0.25) is 5.95 Å². The van der Waals surface area contributed by atoms with Crippen LogP contribution in [0, 0.1) is 0 Å². The summed E-state index contributed by atoms with van der Waals surface area (Å²) in [6, 6.07) is 12.4. The molecule has 9 nitrogen and oxygen atoms in total. The Balaban J connectivity index is 0.00000137. The molecule has 3 rings (SSSR count). The molecule has 0 aliphatic carbocycles. The molecule has 1 aliphatic rings. The number of morpholine rings is 1. The third kappa shape index (κ3) is 10.6. The lowest BCUT2D eigenvalue weighted by molar-refractivity contribution is 0.122. The average Bonchev–Trinajstić information content (AvgIpc) is 2.92. The van der Waals surface area contributed by atoms with Crippen LogP contribution in [0.25, 0.3) is 0 Å². The van der Waals surface area contributed by atoms with Crippen molar-refractivity contribution in [1.82, 2.24) is 9.97 Å². The molecule has 1 saturated heterocycles. The topological polar surface area (TPSA) is 113 Å². The highest BCUT2D eigenvalue weighted by Gasteiger charge is 2.15. The maximum atomic E-state index is 5.47. The van der Waals surface area contributed by atoms with Crippen LogP contribution in [-0.4, -0.2) is 67.8 Å². The van der Waals surface area contributed by atoms with Gasteiger partial charge in [-0.25, -0.2) is 0 Å². The highest BCUT2D eigenvalue weighted by Crippen LogP contribution is 2.19. The van der Waals surface area contributed by atoms with E-state index in [1.807, 2.05) is 46.8 Å². The summed E-state index contributed by atoms with van der Waals surface area (Å²) >= 11 is 0. The summed E-state index contributed by atoms with van der Waals surface area (Å²) in [5.74, 6) is 7.62. The predicted molar refractivity (Wildman–Crippen MR) is 146 cm³/mol. The number of nitrogens with two attached hydrogens (primary N) is 1. The van der Waals surface area contributed by atoms with Gasteiger partial charge in [-0.2, -0.15) is 15.1 Å². The normalized spacial score (nSPS) is 13.4. The third-order valence-corrected chi connectivity index (χ3v) is 4.63. The molecule has 0 bridgehead atoms. The molecule has 0 saturated carbocycles. The minimum absolute atomic E-state index is 0.399. The van der Waals surface area contributed by atoms with Crippen LogP contribution in [0.4, 0.5) is 17.6 Å². The zero-order valence-electron chi connectivity index (χ0n) is 21.4. The zero-order chi connectivity index (χ0) is 25.0. The molecule has 0 unspecified atom stereocenters. The van der Waals surface area contributed by atoms with Gasteiger partial charge in [0.15, 0.2) is 0 Å². The molecule has 34 heavy (non-hydrogen) atoms. The van der Waals surface area contributed by atoms with Crippen molar-refractivity contribution < 1.29 is 4.74 Å². The van der Waals surface area contributed by atoms with E-state index >= 15 is 0 Å². The van der Waals surface area contributed by atoms with E-state index < -0.39 is 0 Å². The van der Waals surface area contributed by atoms with Crippen molar-refractivity contribution in [3.63, 3.8) is 0 Å². The highest BCUT2D eigenvalue weighted by atomic mass is 16.5. The van der Waals surface area contributed by atoms with E-state index in [2.05, 4.69) is 59.9 Å². The fourth-order valence-corrected chi connectivity index (χ4v) is 3.03. The maximum absolute atomic E-state index is 5.47. The first-order valence-corrected chi connectivity index (χ1v) is 12.3. The van der Waals surface area contributed by atoms with Crippen molar-refractivity contribution in [2.45, 2.75) is 41.0 Å². The zero-order valence-corrected chi connectivity index (χ0v) is 21.4. The Hall–Kier alpha value is -3.20. The van der Waals surface area contributed by atoms with Gasteiger partial charge in [0.1, 0.15) is 11.6 Å². The lowest BCUT2D eigenvalue weighted by Crippen LogP contribution is -2.37. The smallest absolute Gasteiger partial charge is 0.226 e. The summed E-state index contributed by atoms with van der Waals surface area (Å²) in [5, 5.41) is 10.4. The number of hydrazone groups is 1. The minimum atomic E-state index is 0.399. The Morgan fingerprint density at radius 3 is 2.44 bits per heavy atom. The van der Waals surface area contributed by atoms with Crippen LogP contribution < -0.4 is 21.4 Å². The predicted octanol–water partition coefficient (Wildman–Crippen LogP) is 3.84. The number of hydrogen-bond donors (Lipinski definition) is 3. The number of ether oxygens (including phenoxy) is 1. The standard InChI is InChI=1S/C21H30N8O.2C2H6/c1-2-23-15-18(28-22)16-25-21-26-19(24-9-8-17-6-4-3-5-7-17)14-20(27-21)29-10-12-30-13-11-29;2*1-2/h3-7,14-15H,2,8-13,16,22H2,1H3,(H2,24,25,26,27);2*1-2H3/b23-15?,28-18+;;.